The first-order valence-electron chi connectivity index (χ1n) is 9.73. The number of carbonyl (C=O) groups is 1. The molecule has 1 amide bonds. The number of nitrogens with zero attached hydrogens (tertiary/aromatic N) is 2. The van der Waals surface area contributed by atoms with Crippen molar-refractivity contribution in [3.63, 3.8) is 0 Å². The summed E-state index contributed by atoms with van der Waals surface area (Å²) >= 11 is 6.11. The number of hydrogen-bond acceptors (Lipinski definition) is 4. The summed E-state index contributed by atoms with van der Waals surface area (Å²) in [5.41, 5.74) is 5.26. The molecular weight excluding hydrogens is 410 g/mol. The Balaban J connectivity index is 1.42. The minimum absolute atomic E-state index is 0.231. The number of aromatic nitrogens is 2. The molecule has 0 saturated carbocycles. The van der Waals surface area contributed by atoms with Gasteiger partial charge in [-0.25, -0.2) is 9.97 Å². The van der Waals surface area contributed by atoms with Crippen molar-refractivity contribution in [3.8, 4) is 22.9 Å². The lowest BCUT2D eigenvalue weighted by molar-refractivity contribution is 0.102. The molecular formula is C25H20ClN3O2. The predicted molar refractivity (Wildman–Crippen MR) is 123 cm³/mol. The molecule has 154 valence electrons. The number of hydrogen-bond donors (Lipinski definition) is 1. The van der Waals surface area contributed by atoms with Crippen molar-refractivity contribution in [2.45, 2.75) is 13.8 Å². The van der Waals surface area contributed by atoms with Gasteiger partial charge in [0.15, 0.2) is 0 Å². The number of amides is 1. The minimum atomic E-state index is -0.231. The lowest BCUT2D eigenvalue weighted by Gasteiger charge is -2.09. The third-order valence-electron chi connectivity index (χ3n) is 4.84. The summed E-state index contributed by atoms with van der Waals surface area (Å²) < 4.78 is 5.71. The second-order valence-corrected chi connectivity index (χ2v) is 7.52. The highest BCUT2D eigenvalue weighted by Gasteiger charge is 2.09. The van der Waals surface area contributed by atoms with Crippen molar-refractivity contribution < 1.29 is 9.53 Å². The highest BCUT2D eigenvalue weighted by Crippen LogP contribution is 2.24. The third-order valence-corrected chi connectivity index (χ3v) is 5.25. The summed E-state index contributed by atoms with van der Waals surface area (Å²) in [6, 6.07) is 20.5. The molecule has 0 fully saturated rings. The fraction of sp³-hybridized carbons (Fsp3) is 0.0800. The second-order valence-electron chi connectivity index (χ2n) is 7.11. The molecule has 6 heteroatoms. The van der Waals surface area contributed by atoms with Crippen molar-refractivity contribution in [1.82, 2.24) is 9.97 Å². The van der Waals surface area contributed by atoms with E-state index in [9.17, 15) is 4.79 Å². The van der Waals surface area contributed by atoms with E-state index in [0.29, 0.717) is 22.0 Å². The minimum Gasteiger partial charge on any atom is -0.424 e. The number of rotatable bonds is 5. The molecule has 5 nitrogen and oxygen atoms in total. The van der Waals surface area contributed by atoms with E-state index in [1.807, 2.05) is 50.2 Å². The molecule has 0 unspecified atom stereocenters. The van der Waals surface area contributed by atoms with E-state index < -0.39 is 0 Å². The zero-order valence-electron chi connectivity index (χ0n) is 17.1. The quantitative estimate of drug-likeness (QED) is 0.395. The SMILES string of the molecule is Cc1ccc(NC(=O)c2ccc(Oc3ncc(-c4ccccc4C)cn3)cc2)cc1Cl. The van der Waals surface area contributed by atoms with Crippen LogP contribution in [0.25, 0.3) is 11.1 Å². The lowest BCUT2D eigenvalue weighted by Crippen LogP contribution is -2.11. The molecule has 1 aromatic heterocycles. The highest BCUT2D eigenvalue weighted by atomic mass is 35.5. The Labute approximate surface area is 185 Å². The van der Waals surface area contributed by atoms with E-state index in [0.717, 1.165) is 22.3 Å². The van der Waals surface area contributed by atoms with Crippen LogP contribution < -0.4 is 10.1 Å². The number of benzene rings is 3. The van der Waals surface area contributed by atoms with Gasteiger partial charge in [-0.05, 0) is 66.9 Å². The van der Waals surface area contributed by atoms with Crippen molar-refractivity contribution in [3.05, 3.63) is 101 Å². The average molecular weight is 430 g/mol. The summed E-state index contributed by atoms with van der Waals surface area (Å²) in [6.07, 6.45) is 3.47. The normalized spacial score (nSPS) is 10.5. The summed E-state index contributed by atoms with van der Waals surface area (Å²) in [4.78, 5) is 21.0. The Morgan fingerprint density at radius 2 is 1.61 bits per heavy atom. The first-order valence-corrected chi connectivity index (χ1v) is 10.1. The Kier molecular flexibility index (Phi) is 5.96. The molecule has 4 aromatic rings. The van der Waals surface area contributed by atoms with Gasteiger partial charge >= 0.3 is 6.01 Å². The zero-order valence-corrected chi connectivity index (χ0v) is 17.9. The second kappa shape index (κ2) is 8.98. The maximum atomic E-state index is 12.5. The molecule has 31 heavy (non-hydrogen) atoms. The molecule has 4 rings (SSSR count). The van der Waals surface area contributed by atoms with E-state index in [1.165, 1.54) is 0 Å². The maximum absolute atomic E-state index is 12.5. The van der Waals surface area contributed by atoms with Gasteiger partial charge in [-0.2, -0.15) is 0 Å². The van der Waals surface area contributed by atoms with Gasteiger partial charge < -0.3 is 10.1 Å². The molecule has 0 aliphatic carbocycles. The Hall–Kier alpha value is -3.70. The van der Waals surface area contributed by atoms with E-state index in [1.54, 1.807) is 42.7 Å². The van der Waals surface area contributed by atoms with Crippen LogP contribution in [0.4, 0.5) is 5.69 Å². The Morgan fingerprint density at radius 3 is 2.29 bits per heavy atom. The summed E-state index contributed by atoms with van der Waals surface area (Å²) in [5, 5.41) is 3.44. The van der Waals surface area contributed by atoms with E-state index in [2.05, 4.69) is 15.3 Å². The van der Waals surface area contributed by atoms with Crippen molar-refractivity contribution >= 4 is 23.2 Å². The number of nitrogens with one attached hydrogen (secondary N) is 1. The molecule has 0 aliphatic rings. The Morgan fingerprint density at radius 1 is 0.903 bits per heavy atom. The largest absolute Gasteiger partial charge is 0.424 e. The van der Waals surface area contributed by atoms with Crippen LogP contribution in [0.5, 0.6) is 11.8 Å². The number of carbonyl (C=O) groups excluding carboxylic acids is 1. The Bertz CT molecular complexity index is 1220. The van der Waals surface area contributed by atoms with Gasteiger partial charge in [0.05, 0.1) is 0 Å². The average Bonchev–Trinajstić information content (AvgIpc) is 2.78. The standard InChI is InChI=1S/C25H20ClN3O2/c1-16-5-3-4-6-22(16)19-14-27-25(28-15-19)31-21-11-8-18(9-12-21)24(30)29-20-10-7-17(2)23(26)13-20/h3-15H,1-2H3,(H,29,30). The molecule has 0 bridgehead atoms. The van der Waals surface area contributed by atoms with Gasteiger partial charge in [0.1, 0.15) is 5.75 Å². The molecule has 0 aliphatic heterocycles. The number of ether oxygens (including phenoxy) is 1. The molecule has 1 heterocycles. The lowest BCUT2D eigenvalue weighted by atomic mass is 10.0. The molecule has 3 aromatic carbocycles. The number of halogens is 1. The van der Waals surface area contributed by atoms with Crippen molar-refractivity contribution in [2.24, 2.45) is 0 Å². The summed E-state index contributed by atoms with van der Waals surface area (Å²) in [5.74, 6) is 0.309. The fourth-order valence-electron chi connectivity index (χ4n) is 3.06. The molecule has 1 N–H and O–H groups in total. The van der Waals surface area contributed by atoms with Gasteiger partial charge in [0.25, 0.3) is 5.91 Å². The van der Waals surface area contributed by atoms with Crippen LogP contribution >= 0.6 is 11.6 Å². The van der Waals surface area contributed by atoms with E-state index in [-0.39, 0.29) is 11.9 Å². The highest BCUT2D eigenvalue weighted by molar-refractivity contribution is 6.31. The van der Waals surface area contributed by atoms with Gasteiger partial charge in [-0.1, -0.05) is 41.9 Å². The van der Waals surface area contributed by atoms with Crippen molar-refractivity contribution in [1.29, 1.82) is 0 Å². The topological polar surface area (TPSA) is 64.1 Å². The van der Waals surface area contributed by atoms with Gasteiger partial charge in [0.2, 0.25) is 0 Å². The summed E-state index contributed by atoms with van der Waals surface area (Å²) in [6.45, 7) is 3.96. The first kappa shape index (κ1) is 20.6. The number of anilines is 1. The monoisotopic (exact) mass is 429 g/mol. The number of aryl methyl sites for hydroxylation is 2. The molecule has 0 spiro atoms. The smallest absolute Gasteiger partial charge is 0.321 e. The van der Waals surface area contributed by atoms with Crippen LogP contribution in [-0.4, -0.2) is 15.9 Å². The fourth-order valence-corrected chi connectivity index (χ4v) is 3.24. The zero-order chi connectivity index (χ0) is 21.8. The molecule has 0 atom stereocenters. The van der Waals surface area contributed by atoms with Gasteiger partial charge in [-0.15, -0.1) is 0 Å². The first-order chi connectivity index (χ1) is 15.0. The van der Waals surface area contributed by atoms with Crippen LogP contribution in [0.2, 0.25) is 5.02 Å². The van der Waals surface area contributed by atoms with E-state index >= 15 is 0 Å². The van der Waals surface area contributed by atoms with E-state index in [4.69, 9.17) is 16.3 Å². The van der Waals surface area contributed by atoms with Crippen LogP contribution in [0.3, 0.4) is 0 Å². The predicted octanol–water partition coefficient (Wildman–Crippen LogP) is 6.46. The third kappa shape index (κ3) is 4.90. The van der Waals surface area contributed by atoms with Gasteiger partial charge in [0, 0.05) is 34.2 Å². The van der Waals surface area contributed by atoms with Crippen LogP contribution in [-0.2, 0) is 0 Å². The van der Waals surface area contributed by atoms with Gasteiger partial charge in [-0.3, -0.25) is 4.79 Å². The van der Waals surface area contributed by atoms with Crippen LogP contribution in [0, 0.1) is 13.8 Å². The molecule has 0 radical (unpaired) electrons. The maximum Gasteiger partial charge on any atom is 0.321 e. The summed E-state index contributed by atoms with van der Waals surface area (Å²) in [7, 11) is 0. The van der Waals surface area contributed by atoms with Crippen molar-refractivity contribution in [2.75, 3.05) is 5.32 Å². The van der Waals surface area contributed by atoms with Crippen LogP contribution in [0.1, 0.15) is 21.5 Å². The van der Waals surface area contributed by atoms with Crippen LogP contribution in [0.15, 0.2) is 79.1 Å². The molecule has 0 saturated heterocycles.